The summed E-state index contributed by atoms with van der Waals surface area (Å²) in [7, 11) is 1.83. The zero-order valence-electron chi connectivity index (χ0n) is 20.8. The number of unbranched alkanes of at least 4 members (excludes halogenated alkanes) is 1. The molecule has 0 saturated heterocycles. The Morgan fingerprint density at radius 3 is 2.78 bits per heavy atom. The second-order valence-electron chi connectivity index (χ2n) is 9.32. The van der Waals surface area contributed by atoms with Gasteiger partial charge in [0.25, 0.3) is 5.91 Å². The molecule has 8 heteroatoms. The number of hydrogen-bond donors (Lipinski definition) is 2. The molecule has 3 aromatic rings. The number of aryl methyl sites for hydroxylation is 3. The maximum absolute atomic E-state index is 12.7. The van der Waals surface area contributed by atoms with E-state index in [2.05, 4.69) is 22.5 Å². The van der Waals surface area contributed by atoms with Crippen molar-refractivity contribution in [2.75, 3.05) is 13.2 Å². The van der Waals surface area contributed by atoms with Gasteiger partial charge in [-0.25, -0.2) is 4.79 Å². The number of amides is 1. The van der Waals surface area contributed by atoms with Gasteiger partial charge in [0.05, 0.1) is 12.8 Å². The number of carboxylic acids is 1. The lowest BCUT2D eigenvalue weighted by molar-refractivity contribution is -0.139. The molecule has 0 aliphatic heterocycles. The summed E-state index contributed by atoms with van der Waals surface area (Å²) in [5.74, 6) is -1.44. The van der Waals surface area contributed by atoms with Crippen molar-refractivity contribution in [2.24, 2.45) is 7.05 Å². The van der Waals surface area contributed by atoms with Crippen LogP contribution in [0.1, 0.15) is 59.4 Å². The molecule has 8 nitrogen and oxygen atoms in total. The third-order valence-corrected chi connectivity index (χ3v) is 6.54. The molecule has 2 heterocycles. The van der Waals surface area contributed by atoms with Gasteiger partial charge in [-0.1, -0.05) is 18.2 Å². The van der Waals surface area contributed by atoms with E-state index in [4.69, 9.17) is 9.72 Å². The van der Waals surface area contributed by atoms with E-state index in [1.165, 1.54) is 24.1 Å². The lowest BCUT2D eigenvalue weighted by atomic mass is 9.96. The Kier molecular flexibility index (Phi) is 8.84. The summed E-state index contributed by atoms with van der Waals surface area (Å²) in [5, 5.41) is 16.4. The summed E-state index contributed by atoms with van der Waals surface area (Å²) in [6, 6.07) is 10.5. The number of nitrogens with one attached hydrogen (secondary N) is 1. The highest BCUT2D eigenvalue weighted by Gasteiger charge is 2.20. The van der Waals surface area contributed by atoms with Crippen LogP contribution in [0.3, 0.4) is 0 Å². The molecule has 36 heavy (non-hydrogen) atoms. The van der Waals surface area contributed by atoms with Gasteiger partial charge >= 0.3 is 5.97 Å². The molecule has 1 atom stereocenters. The SMILES string of the molecule is Cn1cc(-c2cccc(C(=O)N[C@@H](CCCCOCCc3ccc4c(n3)CCCC4)C(=O)O)c2)cn1. The Morgan fingerprint density at radius 2 is 1.97 bits per heavy atom. The second kappa shape index (κ2) is 12.4. The molecular formula is C28H34N4O4. The monoisotopic (exact) mass is 490 g/mol. The molecule has 0 bridgehead atoms. The van der Waals surface area contributed by atoms with Gasteiger partial charge in [0.2, 0.25) is 0 Å². The number of aromatic nitrogens is 3. The number of rotatable bonds is 12. The largest absolute Gasteiger partial charge is 0.480 e. The number of aliphatic carboxylic acids is 1. The van der Waals surface area contributed by atoms with E-state index in [0.717, 1.165) is 42.5 Å². The molecule has 2 N–H and O–H groups in total. The fourth-order valence-electron chi connectivity index (χ4n) is 4.51. The van der Waals surface area contributed by atoms with Crippen molar-refractivity contribution in [2.45, 2.75) is 57.4 Å². The fourth-order valence-corrected chi connectivity index (χ4v) is 4.51. The summed E-state index contributed by atoms with van der Waals surface area (Å²) >= 11 is 0. The number of fused-ring (bicyclic) bond motifs is 1. The van der Waals surface area contributed by atoms with Gasteiger partial charge in [0.1, 0.15) is 6.04 Å². The second-order valence-corrected chi connectivity index (χ2v) is 9.32. The third-order valence-electron chi connectivity index (χ3n) is 6.54. The van der Waals surface area contributed by atoms with E-state index < -0.39 is 17.9 Å². The molecule has 0 spiro atoms. The maximum atomic E-state index is 12.7. The van der Waals surface area contributed by atoms with E-state index in [1.807, 2.05) is 19.3 Å². The van der Waals surface area contributed by atoms with E-state index in [1.54, 1.807) is 29.1 Å². The van der Waals surface area contributed by atoms with Crippen LogP contribution in [-0.2, 0) is 35.8 Å². The van der Waals surface area contributed by atoms with Crippen LogP contribution in [0, 0.1) is 0 Å². The minimum absolute atomic E-state index is 0.346. The number of benzene rings is 1. The van der Waals surface area contributed by atoms with E-state index in [0.29, 0.717) is 31.6 Å². The highest BCUT2D eigenvalue weighted by atomic mass is 16.5. The van der Waals surface area contributed by atoms with Crippen molar-refractivity contribution >= 4 is 11.9 Å². The zero-order valence-corrected chi connectivity index (χ0v) is 20.8. The predicted octanol–water partition coefficient (Wildman–Crippen LogP) is 3.97. The van der Waals surface area contributed by atoms with Crippen LogP contribution in [0.25, 0.3) is 11.1 Å². The summed E-state index contributed by atoms with van der Waals surface area (Å²) in [6.07, 6.45) is 10.8. The van der Waals surface area contributed by atoms with Crippen LogP contribution in [-0.4, -0.2) is 51.0 Å². The molecule has 1 aliphatic rings. The minimum atomic E-state index is -1.04. The van der Waals surface area contributed by atoms with Gasteiger partial charge in [0.15, 0.2) is 0 Å². The van der Waals surface area contributed by atoms with Crippen molar-refractivity contribution < 1.29 is 19.4 Å². The molecule has 1 amide bonds. The van der Waals surface area contributed by atoms with Gasteiger partial charge < -0.3 is 15.2 Å². The highest BCUT2D eigenvalue weighted by molar-refractivity contribution is 5.97. The minimum Gasteiger partial charge on any atom is -0.480 e. The maximum Gasteiger partial charge on any atom is 0.326 e. The predicted molar refractivity (Wildman–Crippen MR) is 137 cm³/mol. The molecule has 4 rings (SSSR count). The van der Waals surface area contributed by atoms with Crippen molar-refractivity contribution in [1.82, 2.24) is 20.1 Å². The number of carboxylic acid groups (broad SMARTS) is 1. The standard InChI is InChI=1S/C28H34N4O4/c1-32-19-23(18-29-32)21-8-6-9-22(17-21)27(33)31-26(28(34)35)11-4-5-15-36-16-14-24-13-12-20-7-2-3-10-25(20)30-24/h6,8-9,12-13,17-19,26H,2-5,7,10-11,14-16H2,1H3,(H,31,33)(H,34,35)/t26-/m0/s1. The van der Waals surface area contributed by atoms with Crippen LogP contribution < -0.4 is 5.32 Å². The summed E-state index contributed by atoms with van der Waals surface area (Å²) in [5.41, 5.74) is 5.85. The Labute approximate surface area is 211 Å². The van der Waals surface area contributed by atoms with E-state index >= 15 is 0 Å². The number of nitrogens with zero attached hydrogens (tertiary/aromatic N) is 3. The van der Waals surface area contributed by atoms with Crippen LogP contribution in [0.5, 0.6) is 0 Å². The first-order valence-corrected chi connectivity index (χ1v) is 12.7. The number of carbonyl (C=O) groups is 2. The fraction of sp³-hybridized carbons (Fsp3) is 0.429. The Morgan fingerprint density at radius 1 is 1.11 bits per heavy atom. The Bertz CT molecular complexity index is 1190. The number of ether oxygens (including phenoxy) is 1. The molecule has 0 fully saturated rings. The molecule has 0 saturated carbocycles. The smallest absolute Gasteiger partial charge is 0.326 e. The van der Waals surface area contributed by atoms with Gasteiger partial charge in [-0.05, 0) is 74.3 Å². The number of pyridine rings is 1. The van der Waals surface area contributed by atoms with Gasteiger partial charge in [-0.2, -0.15) is 5.10 Å². The Hall–Kier alpha value is -3.52. The van der Waals surface area contributed by atoms with Crippen molar-refractivity contribution in [1.29, 1.82) is 0 Å². The van der Waals surface area contributed by atoms with Gasteiger partial charge in [0, 0.05) is 48.8 Å². The zero-order chi connectivity index (χ0) is 25.3. The van der Waals surface area contributed by atoms with Crippen LogP contribution >= 0.6 is 0 Å². The van der Waals surface area contributed by atoms with Gasteiger partial charge in [-0.15, -0.1) is 0 Å². The van der Waals surface area contributed by atoms with Gasteiger partial charge in [-0.3, -0.25) is 14.5 Å². The lowest BCUT2D eigenvalue weighted by Gasteiger charge is -2.16. The summed E-state index contributed by atoms with van der Waals surface area (Å²) in [6.45, 7) is 1.15. The van der Waals surface area contributed by atoms with Crippen LogP contribution in [0.15, 0.2) is 48.8 Å². The Balaban J connectivity index is 1.18. The topological polar surface area (TPSA) is 106 Å². The summed E-state index contributed by atoms with van der Waals surface area (Å²) in [4.78, 5) is 29.2. The lowest BCUT2D eigenvalue weighted by Crippen LogP contribution is -2.40. The van der Waals surface area contributed by atoms with Crippen molar-refractivity contribution in [3.63, 3.8) is 0 Å². The van der Waals surface area contributed by atoms with Crippen molar-refractivity contribution in [3.05, 3.63) is 71.3 Å². The molecule has 0 radical (unpaired) electrons. The van der Waals surface area contributed by atoms with Crippen LogP contribution in [0.4, 0.5) is 0 Å². The van der Waals surface area contributed by atoms with Crippen LogP contribution in [0.2, 0.25) is 0 Å². The average molecular weight is 491 g/mol. The molecule has 2 aromatic heterocycles. The molecule has 1 aliphatic carbocycles. The summed E-state index contributed by atoms with van der Waals surface area (Å²) < 4.78 is 7.44. The highest BCUT2D eigenvalue weighted by Crippen LogP contribution is 2.21. The first kappa shape index (κ1) is 25.6. The van der Waals surface area contributed by atoms with E-state index in [9.17, 15) is 14.7 Å². The van der Waals surface area contributed by atoms with E-state index in [-0.39, 0.29) is 0 Å². The quantitative estimate of drug-likeness (QED) is 0.372. The van der Waals surface area contributed by atoms with Crippen molar-refractivity contribution in [3.8, 4) is 11.1 Å². The number of carbonyl (C=O) groups excluding carboxylic acids is 1. The third kappa shape index (κ3) is 7.01. The molecule has 190 valence electrons. The first-order valence-electron chi connectivity index (χ1n) is 12.7. The average Bonchev–Trinajstić information content (AvgIpc) is 3.33. The molecule has 0 unspecified atom stereocenters. The first-order chi connectivity index (χ1) is 17.5. The number of hydrogen-bond acceptors (Lipinski definition) is 5. The normalized spacial score (nSPS) is 13.7. The molecule has 1 aromatic carbocycles. The molecular weight excluding hydrogens is 456 g/mol.